The lowest BCUT2D eigenvalue weighted by Gasteiger charge is -2.03. The molecule has 0 amide bonds. The summed E-state index contributed by atoms with van der Waals surface area (Å²) in [5.41, 5.74) is 1.15. The van der Waals surface area contributed by atoms with Gasteiger partial charge in [-0.15, -0.1) is 0 Å². The van der Waals surface area contributed by atoms with Crippen LogP contribution in [-0.2, 0) is 0 Å². The number of hydrogen-bond acceptors (Lipinski definition) is 4. The molecule has 0 saturated carbocycles. The van der Waals surface area contributed by atoms with Gasteiger partial charge in [0.15, 0.2) is 0 Å². The first kappa shape index (κ1) is 9.51. The van der Waals surface area contributed by atoms with Gasteiger partial charge < -0.3 is 4.98 Å². The molecule has 5 nitrogen and oxygen atoms in total. The molecule has 1 aromatic carbocycles. The van der Waals surface area contributed by atoms with E-state index in [1.165, 1.54) is 6.33 Å². The highest BCUT2D eigenvalue weighted by Crippen LogP contribution is 2.18. The lowest BCUT2D eigenvalue weighted by atomic mass is 10.1. The van der Waals surface area contributed by atoms with Crippen molar-refractivity contribution in [1.82, 2.24) is 9.97 Å². The van der Waals surface area contributed by atoms with Crippen molar-refractivity contribution in [2.45, 2.75) is 13.0 Å². The topological polar surface area (TPSA) is 75.2 Å². The Morgan fingerprint density at radius 3 is 3.00 bits per heavy atom. The fourth-order valence-corrected chi connectivity index (χ4v) is 1.41. The lowest BCUT2D eigenvalue weighted by molar-refractivity contribution is 0.812. The maximum Gasteiger partial charge on any atom is 0.258 e. The van der Waals surface area contributed by atoms with Crippen molar-refractivity contribution < 1.29 is 0 Å². The second-order valence-corrected chi connectivity index (χ2v) is 3.29. The van der Waals surface area contributed by atoms with Crippen molar-refractivity contribution >= 4 is 10.9 Å². The van der Waals surface area contributed by atoms with Gasteiger partial charge in [0, 0.05) is 0 Å². The third kappa shape index (κ3) is 1.63. The molecule has 0 radical (unpaired) electrons. The predicted octanol–water partition coefficient (Wildman–Crippen LogP) is 1.75. The first-order chi connectivity index (χ1) is 7.22. The summed E-state index contributed by atoms with van der Waals surface area (Å²) in [5, 5.41) is 3.44. The Morgan fingerprint density at radius 2 is 2.27 bits per heavy atom. The monoisotopic (exact) mass is 203 g/mol. The van der Waals surface area contributed by atoms with E-state index in [0.29, 0.717) is 10.9 Å². The molecule has 2 aromatic rings. The van der Waals surface area contributed by atoms with Crippen LogP contribution in [0.3, 0.4) is 0 Å². The number of rotatable bonds is 2. The summed E-state index contributed by atoms with van der Waals surface area (Å²) >= 11 is 0. The Hall–Kier alpha value is -2.04. The molecule has 1 unspecified atom stereocenters. The Morgan fingerprint density at radius 1 is 1.47 bits per heavy atom. The largest absolute Gasteiger partial charge is 0.313 e. The number of H-pyrrole nitrogens is 1. The fraction of sp³-hybridized carbons (Fsp3) is 0.200. The number of nitrogens with zero attached hydrogens (tertiary/aromatic N) is 2. The quantitative estimate of drug-likeness (QED) is 0.755. The number of nitrogens with one attached hydrogen (secondary N) is 1. The van der Waals surface area contributed by atoms with Crippen LogP contribution >= 0.6 is 0 Å². The SMILES string of the molecule is CC(N=O)c1ccc2c(=O)[nH]cnc2c1. The van der Waals surface area contributed by atoms with Crippen molar-refractivity contribution in [2.75, 3.05) is 0 Å². The van der Waals surface area contributed by atoms with Crippen LogP contribution in [0.4, 0.5) is 0 Å². The van der Waals surface area contributed by atoms with Gasteiger partial charge in [0.2, 0.25) is 0 Å². The van der Waals surface area contributed by atoms with Crippen LogP contribution in [0.2, 0.25) is 0 Å². The van der Waals surface area contributed by atoms with Crippen LogP contribution in [0.15, 0.2) is 34.5 Å². The van der Waals surface area contributed by atoms with Crippen LogP contribution < -0.4 is 5.56 Å². The van der Waals surface area contributed by atoms with Gasteiger partial charge in [-0.3, -0.25) is 4.79 Å². The first-order valence-corrected chi connectivity index (χ1v) is 4.52. The molecule has 5 heteroatoms. The summed E-state index contributed by atoms with van der Waals surface area (Å²) in [7, 11) is 0. The molecule has 1 N–H and O–H groups in total. The summed E-state index contributed by atoms with van der Waals surface area (Å²) in [6, 6.07) is 4.65. The molecule has 0 spiro atoms. The highest BCUT2D eigenvalue weighted by atomic mass is 16.3. The highest BCUT2D eigenvalue weighted by Gasteiger charge is 2.07. The molecule has 0 aliphatic carbocycles. The van der Waals surface area contributed by atoms with E-state index < -0.39 is 6.04 Å². The second kappa shape index (κ2) is 3.61. The van der Waals surface area contributed by atoms with Gasteiger partial charge in [-0.2, -0.15) is 4.91 Å². The van der Waals surface area contributed by atoms with Crippen LogP contribution in [0.1, 0.15) is 18.5 Å². The van der Waals surface area contributed by atoms with E-state index in [2.05, 4.69) is 15.1 Å². The molecule has 0 aliphatic rings. The molecule has 0 aliphatic heterocycles. The van der Waals surface area contributed by atoms with E-state index in [4.69, 9.17) is 0 Å². The molecule has 2 rings (SSSR count). The summed E-state index contributed by atoms with van der Waals surface area (Å²) in [5.74, 6) is 0. The number of fused-ring (bicyclic) bond motifs is 1. The number of nitroso groups, excluding NO2 is 1. The minimum atomic E-state index is -0.421. The molecule has 0 fully saturated rings. The van der Waals surface area contributed by atoms with Crippen molar-refractivity contribution in [3.63, 3.8) is 0 Å². The van der Waals surface area contributed by atoms with Gasteiger partial charge >= 0.3 is 0 Å². The Labute approximate surface area is 85.1 Å². The maximum atomic E-state index is 11.3. The maximum absolute atomic E-state index is 11.3. The van der Waals surface area contributed by atoms with Gasteiger partial charge in [0.05, 0.1) is 17.2 Å². The fourth-order valence-electron chi connectivity index (χ4n) is 1.41. The minimum absolute atomic E-state index is 0.182. The van der Waals surface area contributed by atoms with Crippen LogP contribution in [0.5, 0.6) is 0 Å². The standard InChI is InChI=1S/C10H9N3O2/c1-6(13-15)7-2-3-8-9(4-7)11-5-12-10(8)14/h2-6H,1H3,(H,11,12,14). The normalized spacial score (nSPS) is 12.6. The zero-order valence-electron chi connectivity index (χ0n) is 8.10. The summed E-state index contributed by atoms with van der Waals surface area (Å²) in [4.78, 5) is 28.2. The molecule has 1 atom stereocenters. The van der Waals surface area contributed by atoms with Crippen LogP contribution in [0, 0.1) is 4.91 Å². The van der Waals surface area contributed by atoms with Gasteiger partial charge in [-0.05, 0) is 24.6 Å². The van der Waals surface area contributed by atoms with E-state index in [1.807, 2.05) is 0 Å². The van der Waals surface area contributed by atoms with Crippen LogP contribution in [0.25, 0.3) is 10.9 Å². The zero-order valence-corrected chi connectivity index (χ0v) is 8.10. The first-order valence-electron chi connectivity index (χ1n) is 4.52. The lowest BCUT2D eigenvalue weighted by Crippen LogP contribution is -2.06. The molecular formula is C10H9N3O2. The van der Waals surface area contributed by atoms with Crippen molar-refractivity contribution in [3.8, 4) is 0 Å². The van der Waals surface area contributed by atoms with E-state index in [0.717, 1.165) is 5.56 Å². The Bertz CT molecular complexity index is 562. The molecule has 0 bridgehead atoms. The zero-order chi connectivity index (χ0) is 10.8. The minimum Gasteiger partial charge on any atom is -0.313 e. The Kier molecular flexibility index (Phi) is 2.29. The van der Waals surface area contributed by atoms with E-state index in [-0.39, 0.29) is 5.56 Å². The Balaban J connectivity index is 2.67. The van der Waals surface area contributed by atoms with Crippen molar-refractivity contribution in [1.29, 1.82) is 0 Å². The molecule has 1 aromatic heterocycles. The summed E-state index contributed by atoms with van der Waals surface area (Å²) in [6.07, 6.45) is 1.34. The number of hydrogen-bond donors (Lipinski definition) is 1. The number of aromatic amines is 1. The van der Waals surface area contributed by atoms with Gasteiger partial charge in [0.25, 0.3) is 5.56 Å². The van der Waals surface area contributed by atoms with E-state index in [1.54, 1.807) is 25.1 Å². The number of aromatic nitrogens is 2. The van der Waals surface area contributed by atoms with Gasteiger partial charge in [-0.25, -0.2) is 4.98 Å². The number of benzene rings is 1. The average molecular weight is 203 g/mol. The third-order valence-corrected chi connectivity index (χ3v) is 2.31. The van der Waals surface area contributed by atoms with Crippen molar-refractivity contribution in [2.24, 2.45) is 5.18 Å². The molecule has 15 heavy (non-hydrogen) atoms. The highest BCUT2D eigenvalue weighted by molar-refractivity contribution is 5.77. The predicted molar refractivity (Wildman–Crippen MR) is 56.6 cm³/mol. The molecular weight excluding hydrogens is 194 g/mol. The smallest absolute Gasteiger partial charge is 0.258 e. The molecule has 1 heterocycles. The van der Waals surface area contributed by atoms with Gasteiger partial charge in [-0.1, -0.05) is 11.2 Å². The van der Waals surface area contributed by atoms with E-state index in [9.17, 15) is 9.70 Å². The average Bonchev–Trinajstić information content (AvgIpc) is 2.28. The second-order valence-electron chi connectivity index (χ2n) is 3.29. The van der Waals surface area contributed by atoms with Crippen molar-refractivity contribution in [3.05, 3.63) is 45.4 Å². The molecule has 0 saturated heterocycles. The summed E-state index contributed by atoms with van der Waals surface area (Å²) < 4.78 is 0. The van der Waals surface area contributed by atoms with Crippen LogP contribution in [-0.4, -0.2) is 9.97 Å². The molecule has 76 valence electrons. The summed E-state index contributed by atoms with van der Waals surface area (Å²) in [6.45, 7) is 1.70. The van der Waals surface area contributed by atoms with Gasteiger partial charge in [0.1, 0.15) is 6.04 Å². The van der Waals surface area contributed by atoms with E-state index >= 15 is 0 Å². The third-order valence-electron chi connectivity index (χ3n) is 2.31.